The van der Waals surface area contributed by atoms with E-state index < -0.39 is 0 Å². The van der Waals surface area contributed by atoms with Crippen molar-refractivity contribution >= 4 is 5.91 Å². The summed E-state index contributed by atoms with van der Waals surface area (Å²) in [7, 11) is 1.69. The molecule has 5 nitrogen and oxygen atoms in total. The molecule has 0 aliphatic carbocycles. The van der Waals surface area contributed by atoms with Crippen molar-refractivity contribution < 1.29 is 9.53 Å². The Balaban J connectivity index is 2.07. The van der Waals surface area contributed by atoms with E-state index in [1.54, 1.807) is 19.2 Å². The number of H-pyrrole nitrogens is 1. The fourth-order valence-electron chi connectivity index (χ4n) is 2.76. The normalized spacial score (nSPS) is 19.1. The second kappa shape index (κ2) is 7.24. The van der Waals surface area contributed by atoms with Crippen LogP contribution in [0.2, 0.25) is 0 Å². The first-order valence-corrected chi connectivity index (χ1v) is 7.21. The van der Waals surface area contributed by atoms with Crippen LogP contribution < -0.4 is 5.56 Å². The summed E-state index contributed by atoms with van der Waals surface area (Å²) in [6.45, 7) is 1.49. The van der Waals surface area contributed by atoms with Gasteiger partial charge in [0.25, 0.3) is 5.91 Å². The Kier molecular flexibility index (Phi) is 5.35. The van der Waals surface area contributed by atoms with Crippen LogP contribution in [-0.2, 0) is 4.74 Å². The maximum absolute atomic E-state index is 12.5. The summed E-state index contributed by atoms with van der Waals surface area (Å²) >= 11 is 0. The van der Waals surface area contributed by atoms with Crippen LogP contribution in [0.15, 0.2) is 23.0 Å². The summed E-state index contributed by atoms with van der Waals surface area (Å²) in [5.74, 6) is -0.0650. The lowest BCUT2D eigenvalue weighted by Gasteiger charge is -2.35. The van der Waals surface area contributed by atoms with Gasteiger partial charge < -0.3 is 14.6 Å². The number of aromatic amines is 1. The SMILES string of the molecule is COCCCC1CCCCN1C(=O)c1cccc(=O)[nH]1. The van der Waals surface area contributed by atoms with E-state index in [-0.39, 0.29) is 17.5 Å². The van der Waals surface area contributed by atoms with Gasteiger partial charge in [0.05, 0.1) is 0 Å². The molecular weight excluding hydrogens is 256 g/mol. The van der Waals surface area contributed by atoms with Crippen molar-refractivity contribution in [3.05, 3.63) is 34.2 Å². The number of amides is 1. The van der Waals surface area contributed by atoms with E-state index in [0.29, 0.717) is 5.69 Å². The molecule has 0 spiro atoms. The van der Waals surface area contributed by atoms with Crippen LogP contribution >= 0.6 is 0 Å². The van der Waals surface area contributed by atoms with Gasteiger partial charge >= 0.3 is 0 Å². The number of nitrogens with zero attached hydrogens (tertiary/aromatic N) is 1. The maximum atomic E-state index is 12.5. The molecule has 2 heterocycles. The van der Waals surface area contributed by atoms with Crippen LogP contribution in [0.25, 0.3) is 0 Å². The molecule has 1 aromatic rings. The first-order chi connectivity index (χ1) is 9.72. The topological polar surface area (TPSA) is 62.4 Å². The smallest absolute Gasteiger partial charge is 0.270 e. The Morgan fingerprint density at radius 2 is 2.30 bits per heavy atom. The van der Waals surface area contributed by atoms with Crippen molar-refractivity contribution in [2.75, 3.05) is 20.3 Å². The van der Waals surface area contributed by atoms with Crippen LogP contribution in [0, 0.1) is 0 Å². The van der Waals surface area contributed by atoms with Crippen molar-refractivity contribution in [3.8, 4) is 0 Å². The number of pyridine rings is 1. The first kappa shape index (κ1) is 14.8. The molecule has 5 heteroatoms. The van der Waals surface area contributed by atoms with Gasteiger partial charge in [0.2, 0.25) is 5.56 Å². The van der Waals surface area contributed by atoms with Gasteiger partial charge in [-0.2, -0.15) is 0 Å². The summed E-state index contributed by atoms with van der Waals surface area (Å²) in [5, 5.41) is 0. The molecule has 2 rings (SSSR count). The Morgan fingerprint density at radius 1 is 1.45 bits per heavy atom. The van der Waals surface area contributed by atoms with Gasteiger partial charge in [0.1, 0.15) is 5.69 Å². The van der Waals surface area contributed by atoms with Crippen molar-refractivity contribution in [2.45, 2.75) is 38.1 Å². The van der Waals surface area contributed by atoms with Crippen molar-refractivity contribution in [2.24, 2.45) is 0 Å². The van der Waals surface area contributed by atoms with Crippen LogP contribution in [0.4, 0.5) is 0 Å². The number of likely N-dealkylation sites (tertiary alicyclic amines) is 1. The highest BCUT2D eigenvalue weighted by Crippen LogP contribution is 2.22. The lowest BCUT2D eigenvalue weighted by molar-refractivity contribution is 0.0579. The second-order valence-corrected chi connectivity index (χ2v) is 5.21. The molecule has 1 fully saturated rings. The molecule has 1 aliphatic rings. The number of ether oxygens (including phenoxy) is 1. The molecule has 1 N–H and O–H groups in total. The standard InChI is InChI=1S/C15H22N2O3/c1-20-11-5-7-12-6-2-3-10-17(12)15(19)13-8-4-9-14(18)16-13/h4,8-9,12H,2-3,5-7,10-11H2,1H3,(H,16,18). The average Bonchev–Trinajstić information content (AvgIpc) is 2.47. The zero-order chi connectivity index (χ0) is 14.4. The number of methoxy groups -OCH3 is 1. The molecule has 20 heavy (non-hydrogen) atoms. The number of carbonyl (C=O) groups excluding carboxylic acids is 1. The molecule has 1 atom stereocenters. The van der Waals surface area contributed by atoms with Gasteiger partial charge in [-0.15, -0.1) is 0 Å². The molecule has 1 unspecified atom stereocenters. The van der Waals surface area contributed by atoms with Gasteiger partial charge in [0, 0.05) is 32.4 Å². The zero-order valence-electron chi connectivity index (χ0n) is 11.9. The van der Waals surface area contributed by atoms with E-state index in [9.17, 15) is 9.59 Å². The molecule has 0 bridgehead atoms. The minimum absolute atomic E-state index is 0.0650. The van der Waals surface area contributed by atoms with Gasteiger partial charge in [-0.1, -0.05) is 6.07 Å². The lowest BCUT2D eigenvalue weighted by atomic mass is 9.97. The Morgan fingerprint density at radius 3 is 3.05 bits per heavy atom. The number of carbonyl (C=O) groups is 1. The summed E-state index contributed by atoms with van der Waals surface area (Å²) in [5.41, 5.74) is 0.153. The molecule has 1 aromatic heterocycles. The molecular formula is C15H22N2O3. The third-order valence-electron chi connectivity index (χ3n) is 3.77. The highest BCUT2D eigenvalue weighted by Gasteiger charge is 2.27. The summed E-state index contributed by atoms with van der Waals surface area (Å²) in [4.78, 5) is 28.4. The minimum atomic E-state index is -0.233. The predicted octanol–water partition coefficient (Wildman–Crippen LogP) is 1.80. The van der Waals surface area contributed by atoms with Crippen LogP contribution in [0.5, 0.6) is 0 Å². The maximum Gasteiger partial charge on any atom is 0.270 e. The molecule has 0 saturated carbocycles. The monoisotopic (exact) mass is 278 g/mol. The number of hydrogen-bond acceptors (Lipinski definition) is 3. The highest BCUT2D eigenvalue weighted by molar-refractivity contribution is 5.92. The molecule has 1 amide bonds. The second-order valence-electron chi connectivity index (χ2n) is 5.21. The summed E-state index contributed by atoms with van der Waals surface area (Å²) in [6, 6.07) is 4.97. The van der Waals surface area contributed by atoms with Gasteiger partial charge in [-0.05, 0) is 38.2 Å². The van der Waals surface area contributed by atoms with E-state index in [1.165, 1.54) is 6.07 Å². The quantitative estimate of drug-likeness (QED) is 0.835. The third kappa shape index (κ3) is 3.70. The van der Waals surface area contributed by atoms with Crippen LogP contribution in [0.3, 0.4) is 0 Å². The fourth-order valence-corrected chi connectivity index (χ4v) is 2.76. The third-order valence-corrected chi connectivity index (χ3v) is 3.77. The number of hydrogen-bond donors (Lipinski definition) is 1. The van der Waals surface area contributed by atoms with E-state index in [4.69, 9.17) is 4.74 Å². The Bertz CT molecular complexity index is 498. The van der Waals surface area contributed by atoms with Crippen molar-refractivity contribution in [1.29, 1.82) is 0 Å². The van der Waals surface area contributed by atoms with Crippen molar-refractivity contribution in [3.63, 3.8) is 0 Å². The Hall–Kier alpha value is -1.62. The lowest BCUT2D eigenvalue weighted by Crippen LogP contribution is -2.44. The Labute approximate surface area is 118 Å². The van der Waals surface area contributed by atoms with E-state index >= 15 is 0 Å². The molecule has 110 valence electrons. The number of nitrogens with one attached hydrogen (secondary N) is 1. The summed E-state index contributed by atoms with van der Waals surface area (Å²) < 4.78 is 5.08. The molecule has 0 radical (unpaired) electrons. The van der Waals surface area contributed by atoms with E-state index in [1.807, 2.05) is 4.90 Å². The largest absolute Gasteiger partial charge is 0.385 e. The van der Waals surface area contributed by atoms with E-state index in [2.05, 4.69) is 4.98 Å². The number of rotatable bonds is 5. The molecule has 0 aromatic carbocycles. The number of aromatic nitrogens is 1. The minimum Gasteiger partial charge on any atom is -0.385 e. The van der Waals surface area contributed by atoms with Crippen LogP contribution in [0.1, 0.15) is 42.6 Å². The first-order valence-electron chi connectivity index (χ1n) is 7.21. The molecule has 1 aliphatic heterocycles. The number of piperidine rings is 1. The van der Waals surface area contributed by atoms with Crippen LogP contribution in [-0.4, -0.2) is 42.1 Å². The highest BCUT2D eigenvalue weighted by atomic mass is 16.5. The van der Waals surface area contributed by atoms with Gasteiger partial charge in [-0.3, -0.25) is 9.59 Å². The fraction of sp³-hybridized carbons (Fsp3) is 0.600. The zero-order valence-corrected chi connectivity index (χ0v) is 11.9. The molecule has 1 saturated heterocycles. The van der Waals surface area contributed by atoms with Gasteiger partial charge in [-0.25, -0.2) is 0 Å². The average molecular weight is 278 g/mol. The van der Waals surface area contributed by atoms with E-state index in [0.717, 1.165) is 45.3 Å². The predicted molar refractivity (Wildman–Crippen MR) is 76.8 cm³/mol. The van der Waals surface area contributed by atoms with Gasteiger partial charge in [0.15, 0.2) is 0 Å². The summed E-state index contributed by atoms with van der Waals surface area (Å²) in [6.07, 6.45) is 5.13. The van der Waals surface area contributed by atoms with Crippen molar-refractivity contribution in [1.82, 2.24) is 9.88 Å².